The molecule has 0 saturated carbocycles. The van der Waals surface area contributed by atoms with Crippen LogP contribution >= 0.6 is 0 Å². The van der Waals surface area contributed by atoms with Gasteiger partial charge in [-0.2, -0.15) is 0 Å². The van der Waals surface area contributed by atoms with Crippen LogP contribution in [0.3, 0.4) is 0 Å². The number of hydrogen-bond acceptors (Lipinski definition) is 5. The Morgan fingerprint density at radius 3 is 2.19 bits per heavy atom. The fourth-order valence-corrected chi connectivity index (χ4v) is 3.99. The van der Waals surface area contributed by atoms with Gasteiger partial charge in [-0.3, -0.25) is 9.52 Å². The fraction of sp³-hybridized carbons (Fsp3) is 0. The highest BCUT2D eigenvalue weighted by atomic mass is 32.2. The second-order valence-electron chi connectivity index (χ2n) is 6.62. The summed E-state index contributed by atoms with van der Waals surface area (Å²) in [5.74, 6) is 0.587. The van der Waals surface area contributed by atoms with E-state index in [-0.39, 0.29) is 10.7 Å². The number of carbonyl (C=O) groups excluding carboxylic acids is 1. The third-order valence-corrected chi connectivity index (χ3v) is 5.79. The van der Waals surface area contributed by atoms with Gasteiger partial charge in [-0.1, -0.05) is 42.5 Å². The number of nitrogens with one attached hydrogen (secondary N) is 1. The largest absolute Gasteiger partial charge is 0.439 e. The summed E-state index contributed by atoms with van der Waals surface area (Å²) in [4.78, 5) is 16.6. The van der Waals surface area contributed by atoms with Gasteiger partial charge in [-0.15, -0.1) is 0 Å². The first kappa shape index (κ1) is 20.3. The maximum atomic E-state index is 12.8. The molecule has 0 atom stereocenters. The number of ether oxygens (including phenoxy) is 1. The monoisotopic (exact) mass is 430 g/mol. The Kier molecular flexibility index (Phi) is 5.77. The second-order valence-corrected chi connectivity index (χ2v) is 8.31. The highest BCUT2D eigenvalue weighted by Crippen LogP contribution is 2.24. The summed E-state index contributed by atoms with van der Waals surface area (Å²) in [7, 11) is -3.85. The molecule has 4 aromatic rings. The van der Waals surface area contributed by atoms with E-state index in [0.29, 0.717) is 28.4 Å². The number of benzene rings is 3. The topological polar surface area (TPSA) is 85.4 Å². The maximum absolute atomic E-state index is 12.8. The molecule has 0 spiro atoms. The smallest absolute Gasteiger partial charge is 0.262 e. The van der Waals surface area contributed by atoms with E-state index in [2.05, 4.69) is 9.71 Å². The number of ketones is 1. The zero-order chi connectivity index (χ0) is 21.7. The SMILES string of the molecule is O=C(c1ccccc1)c1ccc(NS(=O)(=O)c2cccc(Oc3ccccn3)c2)cc1. The molecular formula is C24H18N2O4S. The number of carbonyl (C=O) groups is 1. The van der Waals surface area contributed by atoms with Crippen LogP contribution in [0, 0.1) is 0 Å². The number of nitrogens with zero attached hydrogens (tertiary/aromatic N) is 1. The minimum Gasteiger partial charge on any atom is -0.439 e. The minimum atomic E-state index is -3.85. The summed E-state index contributed by atoms with van der Waals surface area (Å²) >= 11 is 0. The molecule has 0 fully saturated rings. The van der Waals surface area contributed by atoms with Gasteiger partial charge in [-0.05, 0) is 42.5 Å². The van der Waals surface area contributed by atoms with Crippen molar-refractivity contribution >= 4 is 21.5 Å². The molecule has 0 aliphatic carbocycles. The van der Waals surface area contributed by atoms with Crippen molar-refractivity contribution in [2.45, 2.75) is 4.90 Å². The van der Waals surface area contributed by atoms with Gasteiger partial charge in [0, 0.05) is 35.1 Å². The van der Waals surface area contributed by atoms with Crippen LogP contribution in [0.1, 0.15) is 15.9 Å². The van der Waals surface area contributed by atoms with Crippen LogP contribution in [0.5, 0.6) is 11.6 Å². The number of sulfonamides is 1. The van der Waals surface area contributed by atoms with E-state index < -0.39 is 10.0 Å². The van der Waals surface area contributed by atoms with Crippen molar-refractivity contribution in [1.29, 1.82) is 0 Å². The van der Waals surface area contributed by atoms with E-state index in [0.717, 1.165) is 0 Å². The van der Waals surface area contributed by atoms with E-state index in [1.165, 1.54) is 12.1 Å². The molecule has 31 heavy (non-hydrogen) atoms. The lowest BCUT2D eigenvalue weighted by Crippen LogP contribution is -2.13. The van der Waals surface area contributed by atoms with Crippen molar-refractivity contribution in [1.82, 2.24) is 4.98 Å². The standard InChI is InChI=1S/C24H18N2O4S/c27-24(18-7-2-1-3-8-18)19-12-14-20(15-13-19)26-31(28,29)22-10-6-9-21(17-22)30-23-11-4-5-16-25-23/h1-17,26H. The lowest BCUT2D eigenvalue weighted by Gasteiger charge is -2.10. The van der Waals surface area contributed by atoms with Crippen LogP contribution < -0.4 is 9.46 Å². The Morgan fingerprint density at radius 1 is 0.774 bits per heavy atom. The van der Waals surface area contributed by atoms with E-state index in [9.17, 15) is 13.2 Å². The van der Waals surface area contributed by atoms with Gasteiger partial charge in [0.1, 0.15) is 5.75 Å². The highest BCUT2D eigenvalue weighted by Gasteiger charge is 2.16. The van der Waals surface area contributed by atoms with Crippen molar-refractivity contribution in [3.63, 3.8) is 0 Å². The molecule has 7 heteroatoms. The predicted molar refractivity (Wildman–Crippen MR) is 118 cm³/mol. The number of aromatic nitrogens is 1. The zero-order valence-corrected chi connectivity index (χ0v) is 17.1. The average molecular weight is 430 g/mol. The van der Waals surface area contributed by atoms with Gasteiger partial charge >= 0.3 is 0 Å². The number of hydrogen-bond donors (Lipinski definition) is 1. The first-order chi connectivity index (χ1) is 15.0. The summed E-state index contributed by atoms with van der Waals surface area (Å²) in [6.07, 6.45) is 1.59. The van der Waals surface area contributed by atoms with Crippen LogP contribution in [-0.2, 0) is 10.0 Å². The quantitative estimate of drug-likeness (QED) is 0.421. The van der Waals surface area contributed by atoms with E-state index in [1.807, 2.05) is 6.07 Å². The summed E-state index contributed by atoms with van der Waals surface area (Å²) in [6, 6.07) is 26.5. The lowest BCUT2D eigenvalue weighted by atomic mass is 10.0. The minimum absolute atomic E-state index is 0.0466. The molecular weight excluding hydrogens is 412 g/mol. The Hall–Kier alpha value is -3.97. The molecule has 0 unspecified atom stereocenters. The molecule has 3 aromatic carbocycles. The van der Waals surface area contributed by atoms with Crippen LogP contribution in [0.25, 0.3) is 0 Å². The number of rotatable bonds is 7. The molecule has 4 rings (SSSR count). The summed E-state index contributed by atoms with van der Waals surface area (Å²) in [5.41, 5.74) is 1.39. The normalized spacial score (nSPS) is 11.0. The Labute approximate surface area is 180 Å². The van der Waals surface area contributed by atoms with E-state index in [1.54, 1.807) is 85.1 Å². The van der Waals surface area contributed by atoms with Gasteiger partial charge in [0.2, 0.25) is 5.88 Å². The van der Waals surface area contributed by atoms with E-state index >= 15 is 0 Å². The Morgan fingerprint density at radius 2 is 1.48 bits per heavy atom. The number of anilines is 1. The first-order valence-corrected chi connectivity index (χ1v) is 10.9. The summed E-state index contributed by atoms with van der Waals surface area (Å²) < 4.78 is 33.7. The van der Waals surface area contributed by atoms with Crippen molar-refractivity contribution < 1.29 is 17.9 Å². The van der Waals surface area contributed by atoms with E-state index in [4.69, 9.17) is 4.74 Å². The van der Waals surface area contributed by atoms with Gasteiger partial charge in [0.15, 0.2) is 5.78 Å². The highest BCUT2D eigenvalue weighted by molar-refractivity contribution is 7.92. The van der Waals surface area contributed by atoms with Gasteiger partial charge < -0.3 is 4.74 Å². The molecule has 1 aromatic heterocycles. The zero-order valence-electron chi connectivity index (χ0n) is 16.3. The number of pyridine rings is 1. The van der Waals surface area contributed by atoms with Crippen molar-refractivity contribution in [3.8, 4) is 11.6 Å². The Balaban J connectivity index is 1.50. The van der Waals surface area contributed by atoms with Crippen molar-refractivity contribution in [3.05, 3.63) is 114 Å². The van der Waals surface area contributed by atoms with Crippen LogP contribution in [0.4, 0.5) is 5.69 Å². The molecule has 0 aliphatic heterocycles. The average Bonchev–Trinajstić information content (AvgIpc) is 2.80. The van der Waals surface area contributed by atoms with Crippen LogP contribution in [-0.4, -0.2) is 19.2 Å². The van der Waals surface area contributed by atoms with Gasteiger partial charge in [0.05, 0.1) is 4.90 Å². The molecule has 0 radical (unpaired) electrons. The maximum Gasteiger partial charge on any atom is 0.262 e. The third kappa shape index (κ3) is 4.96. The molecule has 0 saturated heterocycles. The summed E-state index contributed by atoms with van der Waals surface area (Å²) in [5, 5.41) is 0. The van der Waals surface area contributed by atoms with Crippen LogP contribution in [0.2, 0.25) is 0 Å². The fourth-order valence-electron chi connectivity index (χ4n) is 2.89. The molecule has 1 N–H and O–H groups in total. The first-order valence-electron chi connectivity index (χ1n) is 9.43. The van der Waals surface area contributed by atoms with Crippen molar-refractivity contribution in [2.75, 3.05) is 4.72 Å². The molecule has 154 valence electrons. The van der Waals surface area contributed by atoms with Gasteiger partial charge in [-0.25, -0.2) is 13.4 Å². The molecule has 6 nitrogen and oxygen atoms in total. The van der Waals surface area contributed by atoms with Crippen molar-refractivity contribution in [2.24, 2.45) is 0 Å². The molecule has 0 amide bonds. The third-order valence-electron chi connectivity index (χ3n) is 4.41. The molecule has 0 bridgehead atoms. The molecule has 0 aliphatic rings. The lowest BCUT2D eigenvalue weighted by molar-refractivity contribution is 0.103. The second kappa shape index (κ2) is 8.81. The Bertz CT molecular complexity index is 1290. The van der Waals surface area contributed by atoms with Gasteiger partial charge in [0.25, 0.3) is 10.0 Å². The summed E-state index contributed by atoms with van der Waals surface area (Å²) in [6.45, 7) is 0. The molecule has 1 heterocycles. The predicted octanol–water partition coefficient (Wildman–Crippen LogP) is 4.91. The van der Waals surface area contributed by atoms with Crippen LogP contribution in [0.15, 0.2) is 108 Å².